The largest absolute Gasteiger partial charge is 0.452 e. The van der Waals surface area contributed by atoms with Gasteiger partial charge in [-0.15, -0.1) is 11.8 Å². The van der Waals surface area contributed by atoms with Crippen LogP contribution >= 0.6 is 11.8 Å². The number of hydrogen-bond acceptors (Lipinski definition) is 7. The van der Waals surface area contributed by atoms with Gasteiger partial charge in [-0.1, -0.05) is 0 Å². The fraction of sp³-hybridized carbons (Fsp3) is 0.417. The van der Waals surface area contributed by atoms with Crippen LogP contribution in [0.2, 0.25) is 0 Å². The summed E-state index contributed by atoms with van der Waals surface area (Å²) in [7, 11) is 0. The lowest BCUT2D eigenvalue weighted by atomic mass is 10.1. The molecule has 4 rings (SSSR count). The Labute approximate surface area is 192 Å². The molecule has 1 amide bonds. The number of amides is 1. The Kier molecular flexibility index (Phi) is 6.66. The third-order valence-electron chi connectivity index (χ3n) is 5.82. The molecule has 0 spiro atoms. The van der Waals surface area contributed by atoms with Crippen LogP contribution in [0, 0.1) is 18.3 Å². The number of anilines is 2. The number of nitrogens with one attached hydrogen (secondary N) is 1. The molecule has 2 aliphatic rings. The average Bonchev–Trinajstić information content (AvgIpc) is 3.51. The van der Waals surface area contributed by atoms with E-state index in [-0.39, 0.29) is 11.1 Å². The fourth-order valence-electron chi connectivity index (χ4n) is 3.90. The van der Waals surface area contributed by atoms with Crippen LogP contribution in [0.4, 0.5) is 11.4 Å². The van der Waals surface area contributed by atoms with E-state index in [0.717, 1.165) is 42.9 Å². The predicted molar refractivity (Wildman–Crippen MR) is 124 cm³/mol. The van der Waals surface area contributed by atoms with Gasteiger partial charge in [0.1, 0.15) is 11.1 Å². The Bertz CT molecular complexity index is 1090. The molecule has 0 radical (unpaired) electrons. The number of rotatable bonds is 7. The van der Waals surface area contributed by atoms with Gasteiger partial charge in [-0.3, -0.25) is 4.79 Å². The van der Waals surface area contributed by atoms with Gasteiger partial charge < -0.3 is 15.0 Å². The number of aromatic nitrogens is 1. The predicted octanol–water partition coefficient (Wildman–Crippen LogP) is 4.26. The maximum Gasteiger partial charge on any atom is 0.340 e. The lowest BCUT2D eigenvalue weighted by Gasteiger charge is -2.19. The lowest BCUT2D eigenvalue weighted by molar-refractivity contribution is -0.119. The van der Waals surface area contributed by atoms with E-state index in [0.29, 0.717) is 16.6 Å². The van der Waals surface area contributed by atoms with Crippen LogP contribution in [0.5, 0.6) is 0 Å². The van der Waals surface area contributed by atoms with E-state index in [1.807, 2.05) is 25.3 Å². The van der Waals surface area contributed by atoms with Crippen molar-refractivity contribution in [2.24, 2.45) is 0 Å². The molecule has 2 fully saturated rings. The van der Waals surface area contributed by atoms with Crippen molar-refractivity contribution < 1.29 is 14.3 Å². The number of aryl methyl sites for hydroxylation is 1. The first kappa shape index (κ1) is 22.2. The summed E-state index contributed by atoms with van der Waals surface area (Å²) in [5, 5.41) is 12.9. The quantitative estimate of drug-likeness (QED) is 0.497. The second-order valence-electron chi connectivity index (χ2n) is 8.18. The van der Waals surface area contributed by atoms with Crippen LogP contribution in [-0.2, 0) is 9.53 Å². The van der Waals surface area contributed by atoms with Gasteiger partial charge in [0, 0.05) is 36.1 Å². The second-order valence-corrected chi connectivity index (χ2v) is 8.98. The van der Waals surface area contributed by atoms with Crippen molar-refractivity contribution in [2.45, 2.75) is 43.6 Å². The number of thioether (sulfide) groups is 1. The third kappa shape index (κ3) is 4.89. The van der Waals surface area contributed by atoms with Gasteiger partial charge in [-0.25, -0.2) is 9.78 Å². The second kappa shape index (κ2) is 9.61. The molecule has 8 heteroatoms. The highest BCUT2D eigenvalue weighted by Gasteiger charge is 2.29. The number of esters is 1. The molecule has 1 aliphatic carbocycles. The Morgan fingerprint density at radius 3 is 2.66 bits per heavy atom. The first-order valence-electron chi connectivity index (χ1n) is 10.8. The zero-order valence-corrected chi connectivity index (χ0v) is 19.1. The monoisotopic (exact) mass is 450 g/mol. The SMILES string of the molecule is CSc1nc(C2CC2)cc(C(=O)OCC(=O)Nc2ccc(N3CCCC3)cc2C)c1C#N. The number of nitrogens with zero attached hydrogens (tertiary/aromatic N) is 3. The van der Waals surface area contributed by atoms with Crippen molar-refractivity contribution in [1.82, 2.24) is 4.98 Å². The Morgan fingerprint density at radius 2 is 2.03 bits per heavy atom. The van der Waals surface area contributed by atoms with Crippen molar-refractivity contribution in [3.63, 3.8) is 0 Å². The van der Waals surface area contributed by atoms with Gasteiger partial charge >= 0.3 is 5.97 Å². The molecule has 1 aliphatic heterocycles. The van der Waals surface area contributed by atoms with E-state index >= 15 is 0 Å². The summed E-state index contributed by atoms with van der Waals surface area (Å²) >= 11 is 1.32. The molecule has 0 unspecified atom stereocenters. The fourth-order valence-corrected chi connectivity index (χ4v) is 4.46. The van der Waals surface area contributed by atoms with E-state index in [9.17, 15) is 14.9 Å². The minimum absolute atomic E-state index is 0.174. The first-order chi connectivity index (χ1) is 15.5. The van der Waals surface area contributed by atoms with Crippen molar-refractivity contribution in [3.05, 3.63) is 46.6 Å². The van der Waals surface area contributed by atoms with Crippen molar-refractivity contribution in [2.75, 3.05) is 36.2 Å². The van der Waals surface area contributed by atoms with Crippen molar-refractivity contribution >= 4 is 35.0 Å². The van der Waals surface area contributed by atoms with E-state index in [1.165, 1.54) is 24.6 Å². The van der Waals surface area contributed by atoms with Crippen LogP contribution in [-0.4, -0.2) is 42.8 Å². The van der Waals surface area contributed by atoms with Crippen molar-refractivity contribution in [1.29, 1.82) is 5.26 Å². The molecular formula is C24H26N4O3S. The van der Waals surface area contributed by atoms with E-state index in [1.54, 1.807) is 6.07 Å². The summed E-state index contributed by atoms with van der Waals surface area (Å²) in [5.41, 5.74) is 3.97. The summed E-state index contributed by atoms with van der Waals surface area (Å²) in [5.74, 6) is -0.775. The number of benzene rings is 1. The van der Waals surface area contributed by atoms with Crippen LogP contribution in [0.3, 0.4) is 0 Å². The molecule has 2 aromatic rings. The van der Waals surface area contributed by atoms with Crippen LogP contribution in [0.25, 0.3) is 0 Å². The summed E-state index contributed by atoms with van der Waals surface area (Å²) in [4.78, 5) is 32.0. The molecule has 1 aromatic heterocycles. The maximum absolute atomic E-state index is 12.7. The highest BCUT2D eigenvalue weighted by atomic mass is 32.2. The topological polar surface area (TPSA) is 95.3 Å². The Balaban J connectivity index is 1.40. The highest BCUT2D eigenvalue weighted by Crippen LogP contribution is 2.40. The van der Waals surface area contributed by atoms with E-state index < -0.39 is 18.5 Å². The minimum atomic E-state index is -0.683. The molecule has 2 heterocycles. The number of nitriles is 1. The Morgan fingerprint density at radius 1 is 1.28 bits per heavy atom. The molecule has 1 aromatic carbocycles. The molecule has 0 bridgehead atoms. The summed E-state index contributed by atoms with van der Waals surface area (Å²) in [6, 6.07) is 9.64. The van der Waals surface area contributed by atoms with Gasteiger partial charge in [0.05, 0.1) is 11.1 Å². The first-order valence-corrected chi connectivity index (χ1v) is 12.0. The van der Waals surface area contributed by atoms with E-state index in [4.69, 9.17) is 4.74 Å². The maximum atomic E-state index is 12.7. The molecule has 0 atom stereocenters. The normalized spacial score (nSPS) is 15.3. The van der Waals surface area contributed by atoms with Crippen LogP contribution < -0.4 is 10.2 Å². The van der Waals surface area contributed by atoms with E-state index in [2.05, 4.69) is 27.3 Å². The third-order valence-corrected chi connectivity index (χ3v) is 6.50. The van der Waals surface area contributed by atoms with Crippen LogP contribution in [0.15, 0.2) is 29.3 Å². The number of ether oxygens (including phenoxy) is 1. The Hall–Kier alpha value is -3.05. The minimum Gasteiger partial charge on any atom is -0.452 e. The number of carbonyl (C=O) groups is 2. The number of carbonyl (C=O) groups excluding carboxylic acids is 2. The number of pyridine rings is 1. The van der Waals surface area contributed by atoms with Gasteiger partial charge in [-0.2, -0.15) is 5.26 Å². The van der Waals surface area contributed by atoms with Gasteiger partial charge in [-0.05, 0) is 68.7 Å². The standard InChI is InChI=1S/C24H26N4O3S/c1-15-11-17(28-9-3-4-10-28)7-8-20(15)26-22(29)14-31-24(30)18-12-21(16-5-6-16)27-23(32-2)19(18)13-25/h7-8,11-12,16H,3-6,9-10,14H2,1-2H3,(H,26,29). The summed E-state index contributed by atoms with van der Waals surface area (Å²) < 4.78 is 5.26. The van der Waals surface area contributed by atoms with Crippen molar-refractivity contribution in [3.8, 4) is 6.07 Å². The molecule has 7 nitrogen and oxygen atoms in total. The molecule has 1 N–H and O–H groups in total. The average molecular weight is 451 g/mol. The molecule has 32 heavy (non-hydrogen) atoms. The molecule has 1 saturated carbocycles. The highest BCUT2D eigenvalue weighted by molar-refractivity contribution is 7.98. The van der Waals surface area contributed by atoms with Gasteiger partial charge in [0.25, 0.3) is 5.91 Å². The molecule has 1 saturated heterocycles. The zero-order valence-electron chi connectivity index (χ0n) is 18.3. The number of hydrogen-bond donors (Lipinski definition) is 1. The molecular weight excluding hydrogens is 424 g/mol. The smallest absolute Gasteiger partial charge is 0.340 e. The van der Waals surface area contributed by atoms with Gasteiger partial charge in [0.2, 0.25) is 0 Å². The van der Waals surface area contributed by atoms with Gasteiger partial charge in [0.15, 0.2) is 6.61 Å². The van der Waals surface area contributed by atoms with Crippen LogP contribution in [0.1, 0.15) is 58.8 Å². The molecule has 166 valence electrons. The lowest BCUT2D eigenvalue weighted by Crippen LogP contribution is -2.22. The zero-order chi connectivity index (χ0) is 22.7. The summed E-state index contributed by atoms with van der Waals surface area (Å²) in [6.07, 6.45) is 6.28. The summed E-state index contributed by atoms with van der Waals surface area (Å²) in [6.45, 7) is 3.64.